The Morgan fingerprint density at radius 1 is 1.38 bits per heavy atom. The first-order valence-electron chi connectivity index (χ1n) is 4.88. The third-order valence-electron chi connectivity index (χ3n) is 2.14. The van der Waals surface area contributed by atoms with Crippen LogP contribution in [0.15, 0.2) is 35.7 Å². The molecule has 0 aliphatic rings. The number of benzene rings is 1. The maximum Gasteiger partial charge on any atom is 0.221 e. The zero-order valence-corrected chi connectivity index (χ0v) is 9.67. The fourth-order valence-electron chi connectivity index (χ4n) is 1.50. The lowest BCUT2D eigenvalue weighted by Gasteiger charge is -2.09. The van der Waals surface area contributed by atoms with Crippen molar-refractivity contribution in [2.75, 3.05) is 11.1 Å². The van der Waals surface area contributed by atoms with Crippen molar-refractivity contribution in [1.29, 1.82) is 0 Å². The van der Waals surface area contributed by atoms with Gasteiger partial charge >= 0.3 is 0 Å². The number of nitrogens with two attached hydrogens (primary N) is 1. The van der Waals surface area contributed by atoms with Crippen LogP contribution in [-0.4, -0.2) is 5.91 Å². The Morgan fingerprint density at radius 3 is 2.81 bits per heavy atom. The van der Waals surface area contributed by atoms with E-state index >= 15 is 0 Å². The van der Waals surface area contributed by atoms with E-state index in [1.807, 2.05) is 29.6 Å². The smallest absolute Gasteiger partial charge is 0.221 e. The van der Waals surface area contributed by atoms with Gasteiger partial charge in [0.25, 0.3) is 0 Å². The van der Waals surface area contributed by atoms with E-state index in [9.17, 15) is 4.79 Å². The summed E-state index contributed by atoms with van der Waals surface area (Å²) in [5, 5.41) is 4.80. The number of rotatable bonds is 2. The molecular weight excluding hydrogens is 220 g/mol. The highest BCUT2D eigenvalue weighted by Gasteiger charge is 2.07. The van der Waals surface area contributed by atoms with Crippen molar-refractivity contribution in [2.24, 2.45) is 0 Å². The fourth-order valence-corrected chi connectivity index (χ4v) is 2.25. The summed E-state index contributed by atoms with van der Waals surface area (Å²) in [5.74, 6) is -0.0809. The van der Waals surface area contributed by atoms with Crippen LogP contribution in [0.3, 0.4) is 0 Å². The number of hydrogen-bond donors (Lipinski definition) is 2. The van der Waals surface area contributed by atoms with E-state index in [4.69, 9.17) is 5.73 Å². The normalized spacial score (nSPS) is 10.1. The van der Waals surface area contributed by atoms with Crippen LogP contribution in [0.2, 0.25) is 0 Å². The van der Waals surface area contributed by atoms with Crippen LogP contribution < -0.4 is 11.1 Å². The van der Waals surface area contributed by atoms with Crippen molar-refractivity contribution in [3.05, 3.63) is 35.7 Å². The van der Waals surface area contributed by atoms with Crippen LogP contribution in [0.5, 0.6) is 0 Å². The highest BCUT2D eigenvalue weighted by atomic mass is 32.1. The van der Waals surface area contributed by atoms with E-state index in [1.54, 1.807) is 17.4 Å². The molecule has 82 valence electrons. The zero-order chi connectivity index (χ0) is 11.5. The molecule has 2 rings (SSSR count). The standard InChI is InChI=1S/C12H12N2OS/c1-8(15)14-11-5-4-9(13)7-10(11)12-3-2-6-16-12/h2-7H,13H2,1H3,(H,14,15). The second kappa shape index (κ2) is 4.37. The van der Waals surface area contributed by atoms with Gasteiger partial charge in [0, 0.05) is 28.7 Å². The Hall–Kier alpha value is -1.81. The summed E-state index contributed by atoms with van der Waals surface area (Å²) in [6, 6.07) is 9.46. The third-order valence-corrected chi connectivity index (χ3v) is 3.04. The molecule has 0 bridgehead atoms. The van der Waals surface area contributed by atoms with Crippen molar-refractivity contribution in [1.82, 2.24) is 0 Å². The van der Waals surface area contributed by atoms with Gasteiger partial charge in [0.15, 0.2) is 0 Å². The Bertz CT molecular complexity index is 506. The topological polar surface area (TPSA) is 55.1 Å². The molecule has 3 nitrogen and oxygen atoms in total. The summed E-state index contributed by atoms with van der Waals surface area (Å²) in [5.41, 5.74) is 8.21. The van der Waals surface area contributed by atoms with Crippen LogP contribution in [0, 0.1) is 0 Å². The van der Waals surface area contributed by atoms with Crippen molar-refractivity contribution in [3.8, 4) is 10.4 Å². The number of carbonyl (C=O) groups is 1. The predicted molar refractivity (Wildman–Crippen MR) is 68.5 cm³/mol. The molecule has 0 saturated heterocycles. The molecule has 1 amide bonds. The molecule has 0 atom stereocenters. The van der Waals surface area contributed by atoms with E-state index in [0.717, 1.165) is 16.1 Å². The predicted octanol–water partition coefficient (Wildman–Crippen LogP) is 2.96. The summed E-state index contributed by atoms with van der Waals surface area (Å²) < 4.78 is 0. The lowest BCUT2D eigenvalue weighted by Crippen LogP contribution is -2.06. The molecular formula is C12H12N2OS. The molecule has 0 aliphatic heterocycles. The Balaban J connectivity index is 2.48. The molecule has 16 heavy (non-hydrogen) atoms. The molecule has 1 heterocycles. The van der Waals surface area contributed by atoms with Gasteiger partial charge in [0.1, 0.15) is 0 Å². The third kappa shape index (κ3) is 2.23. The number of thiophene rings is 1. The highest BCUT2D eigenvalue weighted by molar-refractivity contribution is 7.13. The van der Waals surface area contributed by atoms with Gasteiger partial charge in [-0.2, -0.15) is 0 Å². The van der Waals surface area contributed by atoms with Gasteiger partial charge in [0.2, 0.25) is 5.91 Å². The number of amides is 1. The Labute approximate surface area is 97.9 Å². The molecule has 1 aromatic heterocycles. The minimum absolute atomic E-state index is 0.0809. The van der Waals surface area contributed by atoms with E-state index in [2.05, 4.69) is 5.32 Å². The first-order valence-corrected chi connectivity index (χ1v) is 5.76. The van der Waals surface area contributed by atoms with Gasteiger partial charge < -0.3 is 11.1 Å². The minimum Gasteiger partial charge on any atom is -0.399 e. The quantitative estimate of drug-likeness (QED) is 0.782. The summed E-state index contributed by atoms with van der Waals surface area (Å²) in [6.07, 6.45) is 0. The van der Waals surface area contributed by atoms with E-state index in [1.165, 1.54) is 6.92 Å². The largest absolute Gasteiger partial charge is 0.399 e. The monoisotopic (exact) mass is 232 g/mol. The van der Waals surface area contributed by atoms with Crippen LogP contribution in [0.4, 0.5) is 11.4 Å². The number of nitrogens with one attached hydrogen (secondary N) is 1. The number of anilines is 2. The molecule has 3 N–H and O–H groups in total. The molecule has 4 heteroatoms. The maximum absolute atomic E-state index is 11.1. The SMILES string of the molecule is CC(=O)Nc1ccc(N)cc1-c1cccs1. The van der Waals surface area contributed by atoms with Crippen molar-refractivity contribution in [3.63, 3.8) is 0 Å². The summed E-state index contributed by atoms with van der Waals surface area (Å²) in [6.45, 7) is 1.49. The number of carbonyl (C=O) groups excluding carboxylic acids is 1. The van der Waals surface area contributed by atoms with Crippen LogP contribution >= 0.6 is 11.3 Å². The molecule has 0 aliphatic carbocycles. The summed E-state index contributed by atoms with van der Waals surface area (Å²) in [4.78, 5) is 12.2. The number of nitrogen functional groups attached to an aromatic ring is 1. The fraction of sp³-hybridized carbons (Fsp3) is 0.0833. The molecule has 0 saturated carbocycles. The molecule has 0 fully saturated rings. The zero-order valence-electron chi connectivity index (χ0n) is 8.86. The average molecular weight is 232 g/mol. The van der Waals surface area contributed by atoms with Crippen LogP contribution in [0.1, 0.15) is 6.92 Å². The first-order chi connectivity index (χ1) is 7.66. The minimum atomic E-state index is -0.0809. The molecule has 1 aromatic carbocycles. The van der Waals surface area contributed by atoms with Gasteiger partial charge in [-0.05, 0) is 29.6 Å². The van der Waals surface area contributed by atoms with Crippen LogP contribution in [-0.2, 0) is 4.79 Å². The van der Waals surface area contributed by atoms with Crippen LogP contribution in [0.25, 0.3) is 10.4 Å². The number of hydrogen-bond acceptors (Lipinski definition) is 3. The van der Waals surface area contributed by atoms with Gasteiger partial charge in [-0.15, -0.1) is 11.3 Å². The van der Waals surface area contributed by atoms with Gasteiger partial charge in [0.05, 0.1) is 0 Å². The second-order valence-corrected chi connectivity index (χ2v) is 4.41. The van der Waals surface area contributed by atoms with Gasteiger partial charge in [-0.3, -0.25) is 4.79 Å². The first kappa shape index (κ1) is 10.7. The molecule has 0 spiro atoms. The van der Waals surface area contributed by atoms with Crippen molar-refractivity contribution < 1.29 is 4.79 Å². The second-order valence-electron chi connectivity index (χ2n) is 3.46. The Morgan fingerprint density at radius 2 is 2.19 bits per heavy atom. The average Bonchev–Trinajstić information content (AvgIpc) is 2.73. The van der Waals surface area contributed by atoms with Gasteiger partial charge in [-0.25, -0.2) is 0 Å². The Kier molecular flexibility index (Phi) is 2.92. The van der Waals surface area contributed by atoms with E-state index in [0.29, 0.717) is 5.69 Å². The summed E-state index contributed by atoms with van der Waals surface area (Å²) >= 11 is 1.62. The lowest BCUT2D eigenvalue weighted by atomic mass is 10.1. The van der Waals surface area contributed by atoms with Gasteiger partial charge in [-0.1, -0.05) is 6.07 Å². The summed E-state index contributed by atoms with van der Waals surface area (Å²) in [7, 11) is 0. The highest BCUT2D eigenvalue weighted by Crippen LogP contribution is 2.33. The molecule has 0 radical (unpaired) electrons. The van der Waals surface area contributed by atoms with E-state index in [-0.39, 0.29) is 5.91 Å². The maximum atomic E-state index is 11.1. The van der Waals surface area contributed by atoms with Crippen molar-refractivity contribution >= 4 is 28.6 Å². The lowest BCUT2D eigenvalue weighted by molar-refractivity contribution is -0.114. The van der Waals surface area contributed by atoms with E-state index < -0.39 is 0 Å². The molecule has 0 unspecified atom stereocenters. The van der Waals surface area contributed by atoms with Crippen molar-refractivity contribution in [2.45, 2.75) is 6.92 Å². The molecule has 2 aromatic rings.